The van der Waals surface area contributed by atoms with E-state index in [1.54, 1.807) is 0 Å². The van der Waals surface area contributed by atoms with Gasteiger partial charge in [0.2, 0.25) is 0 Å². The van der Waals surface area contributed by atoms with Gasteiger partial charge in [0.05, 0.1) is 0 Å². The van der Waals surface area contributed by atoms with Gasteiger partial charge in [-0.3, -0.25) is 4.57 Å². The van der Waals surface area contributed by atoms with E-state index in [9.17, 15) is 4.57 Å². The molecule has 0 aliphatic carbocycles. The number of rotatable bonds is 4. The van der Waals surface area contributed by atoms with E-state index in [2.05, 4.69) is 0 Å². The van der Waals surface area contributed by atoms with E-state index in [0.29, 0.717) is 11.5 Å². The molecule has 0 heterocycles. The molecule has 0 aliphatic rings. The van der Waals surface area contributed by atoms with Crippen molar-refractivity contribution in [2.75, 3.05) is 0 Å². The van der Waals surface area contributed by atoms with Gasteiger partial charge in [-0.2, -0.15) is 0 Å². The Morgan fingerprint density at radius 2 is 2.09 bits per heavy atom. The van der Waals surface area contributed by atoms with Gasteiger partial charge < -0.3 is 0 Å². The summed E-state index contributed by atoms with van der Waals surface area (Å²) in [7, 11) is 0. The van der Waals surface area contributed by atoms with Crippen molar-refractivity contribution in [1.82, 2.24) is 0 Å². The van der Waals surface area contributed by atoms with Crippen LogP contribution in [0, 0.1) is 0 Å². The van der Waals surface area contributed by atoms with Crippen LogP contribution in [-0.4, -0.2) is 0 Å². The zero-order chi connectivity index (χ0) is 8.91. The summed E-state index contributed by atoms with van der Waals surface area (Å²) in [6.07, 6.45) is 2.70. The predicted octanol–water partition coefficient (Wildman–Crippen LogP) is 4.93. The van der Waals surface area contributed by atoms with E-state index >= 15 is 0 Å². The smallest absolute Gasteiger partial charge is 0.276 e. The number of hydrogen-bond acceptors (Lipinski definition) is 1. The Morgan fingerprint density at radius 3 is 2.45 bits per heavy atom. The predicted molar refractivity (Wildman–Crippen MR) is 52.8 cm³/mol. The second-order valence-electron chi connectivity index (χ2n) is 2.18. The van der Waals surface area contributed by atoms with Crippen LogP contribution in [0.2, 0.25) is 0 Å². The maximum absolute atomic E-state index is 10.8. The summed E-state index contributed by atoms with van der Waals surface area (Å²) in [5, 5.41) is 0.486. The van der Waals surface area contributed by atoms with Crippen LogP contribution in [0.5, 0.6) is 0 Å². The van der Waals surface area contributed by atoms with Gasteiger partial charge in [-0.05, 0) is 35.3 Å². The summed E-state index contributed by atoms with van der Waals surface area (Å²) in [6.45, 7) is 2.05. The first kappa shape index (κ1) is 11.8. The lowest BCUT2D eigenvalue weighted by molar-refractivity contribution is 0.597. The third-order valence-corrected chi connectivity index (χ3v) is 2.71. The van der Waals surface area contributed by atoms with Crippen LogP contribution in [0.4, 0.5) is 0 Å². The number of halogens is 3. The van der Waals surface area contributed by atoms with Crippen LogP contribution in [0.25, 0.3) is 0 Å². The first-order valence-corrected chi connectivity index (χ1v) is 7.28. The Kier molecular flexibility index (Phi) is 5.90. The van der Waals surface area contributed by atoms with Crippen molar-refractivity contribution in [3.05, 3.63) is 10.8 Å². The van der Waals surface area contributed by atoms with E-state index in [-0.39, 0.29) is 0 Å². The highest BCUT2D eigenvalue weighted by atomic mass is 35.9. The van der Waals surface area contributed by atoms with Crippen molar-refractivity contribution in [2.24, 2.45) is 0 Å². The number of hydrogen-bond donors (Lipinski definition) is 0. The minimum absolute atomic E-state index is 0.486. The highest BCUT2D eigenvalue weighted by Gasteiger charge is 2.09. The lowest BCUT2D eigenvalue weighted by Crippen LogP contribution is -1.72. The molecule has 0 radical (unpaired) electrons. The quantitative estimate of drug-likeness (QED) is 0.632. The van der Waals surface area contributed by atoms with Crippen LogP contribution in [-0.2, 0) is 4.57 Å². The summed E-state index contributed by atoms with van der Waals surface area (Å²) in [6, 6.07) is 0. The molecule has 0 bridgehead atoms. The largest absolute Gasteiger partial charge is 0.285 e. The summed E-state index contributed by atoms with van der Waals surface area (Å²) in [5.74, 6) is -1.88. The van der Waals surface area contributed by atoms with Gasteiger partial charge in [0.15, 0.2) is 0 Å². The molecule has 0 spiro atoms. The van der Waals surface area contributed by atoms with Crippen molar-refractivity contribution < 1.29 is 4.57 Å². The van der Waals surface area contributed by atoms with Crippen LogP contribution in [0.15, 0.2) is 10.8 Å². The first-order valence-electron chi connectivity index (χ1n) is 3.32. The van der Waals surface area contributed by atoms with Gasteiger partial charge in [0.25, 0.3) is 5.85 Å². The Balaban J connectivity index is 3.91. The van der Waals surface area contributed by atoms with Crippen LogP contribution < -0.4 is 0 Å². The third-order valence-electron chi connectivity index (χ3n) is 1.06. The first-order chi connectivity index (χ1) is 4.95. The van der Waals surface area contributed by atoms with E-state index in [1.165, 1.54) is 5.82 Å². The van der Waals surface area contributed by atoms with E-state index in [0.717, 1.165) is 12.8 Å². The van der Waals surface area contributed by atoms with Crippen molar-refractivity contribution in [2.45, 2.75) is 26.2 Å². The van der Waals surface area contributed by atoms with Gasteiger partial charge in [-0.1, -0.05) is 24.9 Å². The molecule has 0 aromatic heterocycles. The maximum Gasteiger partial charge on any atom is 0.276 e. The lowest BCUT2D eigenvalue weighted by Gasteiger charge is -1.97. The second-order valence-corrected chi connectivity index (χ2v) is 7.46. The fourth-order valence-corrected chi connectivity index (χ4v) is 2.58. The van der Waals surface area contributed by atoms with Gasteiger partial charge >= 0.3 is 0 Å². The number of allylic oxidation sites excluding steroid dienone is 1. The highest BCUT2D eigenvalue weighted by molar-refractivity contribution is 8.10. The Bertz CT molecular complexity index is 184. The molecule has 5 heteroatoms. The van der Waals surface area contributed by atoms with E-state index < -0.39 is 5.85 Å². The van der Waals surface area contributed by atoms with Crippen molar-refractivity contribution in [3.63, 3.8) is 0 Å². The summed E-state index contributed by atoms with van der Waals surface area (Å²) >= 11 is 16.2. The molecular formula is C6H10Cl3OP. The summed E-state index contributed by atoms with van der Waals surface area (Å²) < 4.78 is 10.8. The Labute approximate surface area is 81.7 Å². The highest BCUT2D eigenvalue weighted by Crippen LogP contribution is 2.59. The molecule has 0 amide bonds. The third kappa shape index (κ3) is 8.75. The lowest BCUT2D eigenvalue weighted by atomic mass is 10.2. The van der Waals surface area contributed by atoms with Crippen LogP contribution in [0.3, 0.4) is 0 Å². The second kappa shape index (κ2) is 5.48. The Morgan fingerprint density at radius 1 is 1.55 bits per heavy atom. The topological polar surface area (TPSA) is 17.1 Å². The molecule has 66 valence electrons. The molecule has 0 N–H and O–H groups in total. The zero-order valence-electron chi connectivity index (χ0n) is 6.19. The molecule has 0 rings (SSSR count). The standard InChI is InChI=1S/C6H10Cl3OP/c1-2-3-4-6(7)5-11(8,9)10/h5H,2-4H2,1H3. The zero-order valence-corrected chi connectivity index (χ0v) is 9.35. The maximum atomic E-state index is 10.8. The summed E-state index contributed by atoms with van der Waals surface area (Å²) in [5.41, 5.74) is 0. The molecular weight excluding hydrogens is 225 g/mol. The average molecular weight is 235 g/mol. The SMILES string of the molecule is CCCCC(Cl)=CP(=O)(Cl)Cl. The van der Waals surface area contributed by atoms with Gasteiger partial charge in [0, 0.05) is 10.8 Å². The summed E-state index contributed by atoms with van der Waals surface area (Å²) in [4.78, 5) is 0. The Hall–Kier alpha value is 0.840. The average Bonchev–Trinajstić information content (AvgIpc) is 1.79. The minimum Gasteiger partial charge on any atom is -0.285 e. The van der Waals surface area contributed by atoms with Crippen molar-refractivity contribution >= 4 is 39.9 Å². The molecule has 1 nitrogen and oxygen atoms in total. The van der Waals surface area contributed by atoms with E-state index in [1.807, 2.05) is 6.92 Å². The molecule has 11 heavy (non-hydrogen) atoms. The molecule has 0 aromatic rings. The van der Waals surface area contributed by atoms with Gasteiger partial charge in [-0.25, -0.2) is 0 Å². The van der Waals surface area contributed by atoms with Gasteiger partial charge in [-0.15, -0.1) is 0 Å². The molecule has 0 atom stereocenters. The molecule has 0 saturated carbocycles. The van der Waals surface area contributed by atoms with E-state index in [4.69, 9.17) is 34.1 Å². The van der Waals surface area contributed by atoms with Crippen molar-refractivity contribution in [1.29, 1.82) is 0 Å². The van der Waals surface area contributed by atoms with Crippen LogP contribution >= 0.6 is 39.9 Å². The minimum atomic E-state index is -3.11. The van der Waals surface area contributed by atoms with Gasteiger partial charge in [0.1, 0.15) is 0 Å². The molecule has 0 fully saturated rings. The molecule has 0 aromatic carbocycles. The molecule has 0 aliphatic heterocycles. The molecule has 0 saturated heterocycles. The van der Waals surface area contributed by atoms with Crippen molar-refractivity contribution in [3.8, 4) is 0 Å². The fourth-order valence-electron chi connectivity index (χ4n) is 0.573. The normalized spacial score (nSPS) is 13.6. The number of unbranched alkanes of at least 4 members (excludes halogenated alkanes) is 1. The fraction of sp³-hybridized carbons (Fsp3) is 0.667. The monoisotopic (exact) mass is 234 g/mol. The van der Waals surface area contributed by atoms with Crippen LogP contribution in [0.1, 0.15) is 26.2 Å². The molecule has 0 unspecified atom stereocenters.